The van der Waals surface area contributed by atoms with E-state index >= 15 is 0 Å². The molecule has 1 aromatic heterocycles. The van der Waals surface area contributed by atoms with Gasteiger partial charge in [-0.05, 0) is 37.8 Å². The minimum atomic E-state index is 0.00504. The fourth-order valence-corrected chi connectivity index (χ4v) is 5.08. The number of carbonyl (C=O) groups is 1. The van der Waals surface area contributed by atoms with Crippen molar-refractivity contribution in [3.8, 4) is 6.07 Å². The monoisotopic (exact) mass is 391 g/mol. The highest BCUT2D eigenvalue weighted by Crippen LogP contribution is 2.36. The molecule has 29 heavy (non-hydrogen) atoms. The molecule has 0 radical (unpaired) electrons. The molecule has 1 aliphatic carbocycles. The van der Waals surface area contributed by atoms with Crippen LogP contribution in [0.25, 0.3) is 0 Å². The number of aromatic nitrogens is 1. The zero-order chi connectivity index (χ0) is 20.4. The van der Waals surface area contributed by atoms with Crippen LogP contribution in [-0.4, -0.2) is 23.6 Å². The van der Waals surface area contributed by atoms with Gasteiger partial charge in [0.2, 0.25) is 0 Å². The molecular formula is C24H31N4O+. The molecule has 2 heterocycles. The number of benzene rings is 1. The van der Waals surface area contributed by atoms with E-state index in [9.17, 15) is 10.1 Å². The number of hydrogen-bond donors (Lipinski definition) is 2. The average molecular weight is 392 g/mol. The Bertz CT molecular complexity index is 947. The number of nitrogens with one attached hydrogen (secondary N) is 2. The average Bonchev–Trinajstić information content (AvgIpc) is 2.97. The zero-order valence-corrected chi connectivity index (χ0v) is 17.6. The number of rotatable bonds is 4. The number of fused-ring (bicyclic) bond motifs is 1. The molecule has 2 N–H and O–H groups in total. The van der Waals surface area contributed by atoms with E-state index in [1.54, 1.807) is 0 Å². The lowest BCUT2D eigenvalue weighted by Gasteiger charge is -2.28. The fraction of sp³-hybridized carbons (Fsp3) is 0.500. The van der Waals surface area contributed by atoms with Crippen LogP contribution in [-0.2, 0) is 17.8 Å². The molecule has 1 fully saturated rings. The summed E-state index contributed by atoms with van der Waals surface area (Å²) in [6.45, 7) is 6.36. The molecule has 1 saturated carbocycles. The van der Waals surface area contributed by atoms with Gasteiger partial charge in [0.05, 0.1) is 12.1 Å². The van der Waals surface area contributed by atoms with Gasteiger partial charge in [0.1, 0.15) is 18.4 Å². The molecular weight excluding hydrogens is 360 g/mol. The molecule has 1 aliphatic heterocycles. The van der Waals surface area contributed by atoms with E-state index in [0.29, 0.717) is 18.2 Å². The lowest BCUT2D eigenvalue weighted by Crippen LogP contribution is -3.12. The fourth-order valence-electron chi connectivity index (χ4n) is 5.08. The molecule has 5 nitrogen and oxygen atoms in total. The molecule has 1 atom stereocenters. The quantitative estimate of drug-likeness (QED) is 0.841. The van der Waals surface area contributed by atoms with Crippen LogP contribution in [0.4, 0.5) is 5.82 Å². The topological polar surface area (TPSA) is 62.3 Å². The van der Waals surface area contributed by atoms with E-state index < -0.39 is 0 Å². The number of carbonyl (C=O) groups excluding carboxylic acids is 1. The molecule has 1 aromatic carbocycles. The number of nitrogens with zero attached hydrogens (tertiary/aromatic N) is 2. The first-order chi connectivity index (χ1) is 14.1. The van der Waals surface area contributed by atoms with Crippen molar-refractivity contribution in [2.24, 2.45) is 0 Å². The maximum atomic E-state index is 13.0. The summed E-state index contributed by atoms with van der Waals surface area (Å²) >= 11 is 0. The van der Waals surface area contributed by atoms with E-state index in [2.05, 4.69) is 47.1 Å². The third-order valence-electron chi connectivity index (χ3n) is 6.78. The second kappa shape index (κ2) is 8.42. The van der Waals surface area contributed by atoms with Crippen LogP contribution >= 0.6 is 0 Å². The van der Waals surface area contributed by atoms with Crippen molar-refractivity contribution in [1.29, 1.82) is 5.26 Å². The lowest BCUT2D eigenvalue weighted by atomic mass is 9.95. The Kier molecular flexibility index (Phi) is 5.73. The number of quaternary nitrogens is 1. The van der Waals surface area contributed by atoms with Gasteiger partial charge in [-0.2, -0.15) is 5.26 Å². The van der Waals surface area contributed by atoms with E-state index in [-0.39, 0.29) is 5.91 Å². The first kappa shape index (κ1) is 19.7. The number of amides is 1. The molecule has 2 aromatic rings. The van der Waals surface area contributed by atoms with E-state index in [1.165, 1.54) is 35.3 Å². The standard InChI is InChI=1S/C24H30N4O/c1-17-18(2)28(21-10-4-3-5-11-21)24(22(17)14-25)26-23(29)16-27-13-12-19-8-6-7-9-20(19)15-27/h6-9,21H,3-5,10-13,15-16H2,1-2H3,(H,26,29)/p+1. The predicted octanol–water partition coefficient (Wildman–Crippen LogP) is 3.06. The Labute approximate surface area is 173 Å². The second-order valence-corrected chi connectivity index (χ2v) is 8.63. The van der Waals surface area contributed by atoms with Crippen LogP contribution in [0, 0.1) is 25.2 Å². The Morgan fingerprint density at radius 2 is 1.93 bits per heavy atom. The van der Waals surface area contributed by atoms with Crippen LogP contribution in [0.15, 0.2) is 24.3 Å². The number of hydrogen-bond acceptors (Lipinski definition) is 2. The first-order valence-corrected chi connectivity index (χ1v) is 10.9. The molecule has 0 bridgehead atoms. The summed E-state index contributed by atoms with van der Waals surface area (Å²) in [5.41, 5.74) is 5.48. The highest BCUT2D eigenvalue weighted by atomic mass is 16.2. The second-order valence-electron chi connectivity index (χ2n) is 8.63. The van der Waals surface area contributed by atoms with Crippen LogP contribution < -0.4 is 10.2 Å². The molecule has 152 valence electrons. The predicted molar refractivity (Wildman–Crippen MR) is 114 cm³/mol. The van der Waals surface area contributed by atoms with Gasteiger partial charge in [-0.25, -0.2) is 0 Å². The largest absolute Gasteiger partial charge is 0.327 e. The zero-order valence-electron chi connectivity index (χ0n) is 17.6. The summed E-state index contributed by atoms with van der Waals surface area (Å²) in [6, 6.07) is 11.2. The van der Waals surface area contributed by atoms with Gasteiger partial charge in [0.25, 0.3) is 5.91 Å². The van der Waals surface area contributed by atoms with Crippen molar-refractivity contribution >= 4 is 11.7 Å². The van der Waals surface area contributed by atoms with Crippen LogP contribution in [0.3, 0.4) is 0 Å². The summed E-state index contributed by atoms with van der Waals surface area (Å²) < 4.78 is 2.24. The van der Waals surface area contributed by atoms with E-state index in [1.807, 2.05) is 6.92 Å². The Morgan fingerprint density at radius 3 is 2.66 bits per heavy atom. The molecule has 5 heteroatoms. The van der Waals surface area contributed by atoms with Gasteiger partial charge in [-0.3, -0.25) is 4.79 Å². The summed E-state index contributed by atoms with van der Waals surface area (Å²) in [4.78, 5) is 14.2. The summed E-state index contributed by atoms with van der Waals surface area (Å²) in [6.07, 6.45) is 6.97. The molecule has 1 unspecified atom stereocenters. The Balaban J connectivity index is 1.52. The number of nitriles is 1. The molecule has 4 rings (SSSR count). The van der Waals surface area contributed by atoms with E-state index in [4.69, 9.17) is 0 Å². The molecule has 1 amide bonds. The molecule has 0 saturated heterocycles. The summed E-state index contributed by atoms with van der Waals surface area (Å²) in [5.74, 6) is 0.724. The van der Waals surface area contributed by atoms with Crippen LogP contribution in [0.1, 0.15) is 66.1 Å². The SMILES string of the molecule is Cc1c(C#N)c(NC(=O)C[NH+]2CCc3ccccc3C2)n(C2CCCCC2)c1C. The smallest absolute Gasteiger partial charge is 0.280 e. The van der Waals surface area contributed by atoms with Crippen molar-refractivity contribution in [2.45, 2.75) is 65.0 Å². The van der Waals surface area contributed by atoms with Crippen LogP contribution in [0.5, 0.6) is 0 Å². The van der Waals surface area contributed by atoms with Gasteiger partial charge >= 0.3 is 0 Å². The van der Waals surface area contributed by atoms with Gasteiger partial charge in [0, 0.05) is 23.7 Å². The van der Waals surface area contributed by atoms with Gasteiger partial charge in [-0.1, -0.05) is 43.5 Å². The molecule has 2 aliphatic rings. The maximum absolute atomic E-state index is 13.0. The van der Waals surface area contributed by atoms with Crippen molar-refractivity contribution in [3.63, 3.8) is 0 Å². The lowest BCUT2D eigenvalue weighted by molar-refractivity contribution is -0.907. The van der Waals surface area contributed by atoms with E-state index in [0.717, 1.165) is 49.4 Å². The maximum Gasteiger partial charge on any atom is 0.280 e. The minimum Gasteiger partial charge on any atom is -0.327 e. The Hall–Kier alpha value is -2.58. The third-order valence-corrected chi connectivity index (χ3v) is 6.78. The molecule has 0 spiro atoms. The highest BCUT2D eigenvalue weighted by Gasteiger charge is 2.27. The van der Waals surface area contributed by atoms with Crippen molar-refractivity contribution < 1.29 is 9.69 Å². The Morgan fingerprint density at radius 1 is 1.21 bits per heavy atom. The van der Waals surface area contributed by atoms with Gasteiger partial charge in [0.15, 0.2) is 6.54 Å². The third kappa shape index (κ3) is 3.95. The van der Waals surface area contributed by atoms with Crippen molar-refractivity contribution in [1.82, 2.24) is 4.57 Å². The van der Waals surface area contributed by atoms with Gasteiger partial charge < -0.3 is 14.8 Å². The summed E-state index contributed by atoms with van der Waals surface area (Å²) in [7, 11) is 0. The first-order valence-electron chi connectivity index (χ1n) is 10.9. The van der Waals surface area contributed by atoms with Crippen LogP contribution in [0.2, 0.25) is 0 Å². The van der Waals surface area contributed by atoms with Crippen molar-refractivity contribution in [2.75, 3.05) is 18.4 Å². The van der Waals surface area contributed by atoms with Crippen molar-refractivity contribution in [3.05, 3.63) is 52.2 Å². The summed E-state index contributed by atoms with van der Waals surface area (Å²) in [5, 5.41) is 12.9. The normalized spacial score (nSPS) is 19.4. The van der Waals surface area contributed by atoms with Gasteiger partial charge in [-0.15, -0.1) is 0 Å². The minimum absolute atomic E-state index is 0.00504. The number of anilines is 1. The highest BCUT2D eigenvalue weighted by molar-refractivity contribution is 5.92.